The summed E-state index contributed by atoms with van der Waals surface area (Å²) in [4.78, 5) is 28.7. The predicted octanol–water partition coefficient (Wildman–Crippen LogP) is 4.75. The van der Waals surface area contributed by atoms with Crippen molar-refractivity contribution >= 4 is 28.2 Å². The average Bonchev–Trinajstić information content (AvgIpc) is 2.99. The smallest absolute Gasteiger partial charge is 0.259 e. The molecule has 2 amide bonds. The second kappa shape index (κ2) is 8.21. The standard InChI is InChI=1S/C21H25FN2O2S/c1-4-24(5-2)21(26)18-15-11-10-13(3)12-17(15)27-20(18)23-19(25)14-8-6-7-9-16(14)22/h6-9,13H,4-5,10-12H2,1-3H3,(H,23,25)/t13-/m0/s1. The van der Waals surface area contributed by atoms with E-state index >= 15 is 0 Å². The lowest BCUT2D eigenvalue weighted by molar-refractivity contribution is 0.0773. The maximum Gasteiger partial charge on any atom is 0.259 e. The Bertz CT molecular complexity index is 858. The molecule has 1 aromatic carbocycles. The summed E-state index contributed by atoms with van der Waals surface area (Å²) in [5.74, 6) is -0.589. The van der Waals surface area contributed by atoms with Gasteiger partial charge in [0.25, 0.3) is 11.8 Å². The van der Waals surface area contributed by atoms with Crippen LogP contribution in [0, 0.1) is 11.7 Å². The van der Waals surface area contributed by atoms with Gasteiger partial charge in [0, 0.05) is 18.0 Å². The molecule has 0 saturated carbocycles. The Kier molecular flexibility index (Phi) is 5.95. The SMILES string of the molecule is CCN(CC)C(=O)c1c(NC(=O)c2ccccc2F)sc2c1CC[C@H](C)C2. The number of nitrogens with one attached hydrogen (secondary N) is 1. The monoisotopic (exact) mass is 388 g/mol. The molecule has 0 saturated heterocycles. The number of carbonyl (C=O) groups is 2. The van der Waals surface area contributed by atoms with Gasteiger partial charge < -0.3 is 10.2 Å². The Hall–Kier alpha value is -2.21. The van der Waals surface area contributed by atoms with Crippen LogP contribution in [-0.2, 0) is 12.8 Å². The number of benzene rings is 1. The number of nitrogens with zero attached hydrogens (tertiary/aromatic N) is 1. The lowest BCUT2D eigenvalue weighted by atomic mass is 9.88. The summed E-state index contributed by atoms with van der Waals surface area (Å²) in [7, 11) is 0. The van der Waals surface area contributed by atoms with Crippen LogP contribution in [0.1, 0.15) is 58.3 Å². The highest BCUT2D eigenvalue weighted by Crippen LogP contribution is 2.40. The van der Waals surface area contributed by atoms with Crippen LogP contribution in [0.2, 0.25) is 0 Å². The van der Waals surface area contributed by atoms with Gasteiger partial charge in [-0.1, -0.05) is 19.1 Å². The molecule has 1 aliphatic rings. The second-order valence-electron chi connectivity index (χ2n) is 6.97. The van der Waals surface area contributed by atoms with Crippen LogP contribution in [-0.4, -0.2) is 29.8 Å². The number of carbonyl (C=O) groups excluding carboxylic acids is 2. The van der Waals surface area contributed by atoms with Gasteiger partial charge >= 0.3 is 0 Å². The molecule has 0 radical (unpaired) electrons. The summed E-state index contributed by atoms with van der Waals surface area (Å²) in [6.45, 7) is 7.31. The van der Waals surface area contributed by atoms with Crippen LogP contribution in [0.4, 0.5) is 9.39 Å². The van der Waals surface area contributed by atoms with E-state index in [0.29, 0.717) is 29.6 Å². The number of amides is 2. The molecule has 0 unspecified atom stereocenters. The summed E-state index contributed by atoms with van der Waals surface area (Å²) in [5, 5.41) is 3.36. The third-order valence-corrected chi connectivity index (χ3v) is 6.29. The number of halogens is 1. The molecule has 3 rings (SSSR count). The van der Waals surface area contributed by atoms with Crippen LogP contribution in [0.3, 0.4) is 0 Å². The first-order valence-electron chi connectivity index (χ1n) is 9.45. The molecule has 1 N–H and O–H groups in total. The molecule has 0 aliphatic heterocycles. The van der Waals surface area contributed by atoms with Crippen molar-refractivity contribution in [3.8, 4) is 0 Å². The first-order chi connectivity index (χ1) is 13.0. The summed E-state index contributed by atoms with van der Waals surface area (Å²) < 4.78 is 14.0. The quantitative estimate of drug-likeness (QED) is 0.804. The summed E-state index contributed by atoms with van der Waals surface area (Å²) >= 11 is 1.46. The fourth-order valence-corrected chi connectivity index (χ4v) is 4.95. The molecule has 27 heavy (non-hydrogen) atoms. The number of fused-ring (bicyclic) bond motifs is 1. The number of thiophene rings is 1. The van der Waals surface area contributed by atoms with Crippen molar-refractivity contribution in [2.75, 3.05) is 18.4 Å². The Morgan fingerprint density at radius 3 is 2.63 bits per heavy atom. The highest BCUT2D eigenvalue weighted by Gasteiger charge is 2.30. The van der Waals surface area contributed by atoms with E-state index in [1.54, 1.807) is 17.0 Å². The predicted molar refractivity (Wildman–Crippen MR) is 107 cm³/mol. The fourth-order valence-electron chi connectivity index (χ4n) is 3.55. The van der Waals surface area contributed by atoms with Crippen LogP contribution in [0.15, 0.2) is 24.3 Å². The van der Waals surface area contributed by atoms with E-state index in [1.807, 2.05) is 13.8 Å². The molecule has 1 aromatic heterocycles. The van der Waals surface area contributed by atoms with Gasteiger partial charge in [0.05, 0.1) is 11.1 Å². The highest BCUT2D eigenvalue weighted by atomic mass is 32.1. The molecule has 144 valence electrons. The van der Waals surface area contributed by atoms with Gasteiger partial charge in [-0.3, -0.25) is 9.59 Å². The number of hydrogen-bond donors (Lipinski definition) is 1. The molecule has 4 nitrogen and oxygen atoms in total. The Balaban J connectivity index is 2.00. The minimum absolute atomic E-state index is 0.0153. The third-order valence-electron chi connectivity index (χ3n) is 5.12. The molecule has 1 heterocycles. The van der Waals surface area contributed by atoms with Crippen molar-refractivity contribution in [2.45, 2.75) is 40.0 Å². The molecule has 1 atom stereocenters. The highest BCUT2D eigenvalue weighted by molar-refractivity contribution is 7.17. The molecular formula is C21H25FN2O2S. The van der Waals surface area contributed by atoms with Gasteiger partial charge in [0.2, 0.25) is 0 Å². The Morgan fingerprint density at radius 2 is 1.96 bits per heavy atom. The zero-order valence-electron chi connectivity index (χ0n) is 16.0. The summed E-state index contributed by atoms with van der Waals surface area (Å²) in [6.07, 6.45) is 2.78. The number of hydrogen-bond acceptors (Lipinski definition) is 3. The molecule has 0 fully saturated rings. The molecule has 0 spiro atoms. The van der Waals surface area contributed by atoms with E-state index in [9.17, 15) is 14.0 Å². The second-order valence-corrected chi connectivity index (χ2v) is 8.07. The van der Waals surface area contributed by atoms with Crippen molar-refractivity contribution in [3.63, 3.8) is 0 Å². The largest absolute Gasteiger partial charge is 0.339 e. The van der Waals surface area contributed by atoms with E-state index in [2.05, 4.69) is 12.2 Å². The number of rotatable bonds is 5. The zero-order valence-corrected chi connectivity index (χ0v) is 16.8. The van der Waals surface area contributed by atoms with Crippen molar-refractivity contribution < 1.29 is 14.0 Å². The fraction of sp³-hybridized carbons (Fsp3) is 0.429. The van der Waals surface area contributed by atoms with Crippen LogP contribution in [0.25, 0.3) is 0 Å². The van der Waals surface area contributed by atoms with Gasteiger partial charge in [-0.15, -0.1) is 11.3 Å². The minimum atomic E-state index is -0.568. The molecule has 2 aromatic rings. The topological polar surface area (TPSA) is 49.4 Å². The van der Waals surface area contributed by atoms with Gasteiger partial charge in [0.15, 0.2) is 0 Å². The van der Waals surface area contributed by atoms with E-state index in [-0.39, 0.29) is 11.5 Å². The molecule has 6 heteroatoms. The maximum atomic E-state index is 14.0. The Labute approximate surface area is 163 Å². The van der Waals surface area contributed by atoms with Gasteiger partial charge in [-0.05, 0) is 56.7 Å². The summed E-state index contributed by atoms with van der Waals surface area (Å²) in [6, 6.07) is 5.89. The van der Waals surface area contributed by atoms with Gasteiger partial charge in [-0.2, -0.15) is 0 Å². The third kappa shape index (κ3) is 3.90. The van der Waals surface area contributed by atoms with E-state index < -0.39 is 11.7 Å². The van der Waals surface area contributed by atoms with Crippen LogP contribution in [0.5, 0.6) is 0 Å². The number of anilines is 1. The normalized spacial score (nSPS) is 15.9. The molecule has 0 bridgehead atoms. The zero-order chi connectivity index (χ0) is 19.6. The summed E-state index contributed by atoms with van der Waals surface area (Å²) in [5.41, 5.74) is 1.63. The van der Waals surface area contributed by atoms with Crippen LogP contribution < -0.4 is 5.32 Å². The lowest BCUT2D eigenvalue weighted by Crippen LogP contribution is -2.32. The molecular weight excluding hydrogens is 363 g/mol. The van der Waals surface area contributed by atoms with Crippen molar-refractivity contribution in [2.24, 2.45) is 5.92 Å². The first kappa shape index (κ1) is 19.5. The molecule has 1 aliphatic carbocycles. The van der Waals surface area contributed by atoms with E-state index in [4.69, 9.17) is 0 Å². The van der Waals surface area contributed by atoms with Crippen LogP contribution >= 0.6 is 11.3 Å². The first-order valence-corrected chi connectivity index (χ1v) is 10.3. The van der Waals surface area contributed by atoms with Crippen molar-refractivity contribution in [3.05, 3.63) is 51.7 Å². The van der Waals surface area contributed by atoms with E-state index in [1.165, 1.54) is 23.5 Å². The average molecular weight is 389 g/mol. The van der Waals surface area contributed by atoms with E-state index in [0.717, 1.165) is 29.7 Å². The lowest BCUT2D eigenvalue weighted by Gasteiger charge is -2.22. The van der Waals surface area contributed by atoms with Crippen molar-refractivity contribution in [1.29, 1.82) is 0 Å². The van der Waals surface area contributed by atoms with Gasteiger partial charge in [0.1, 0.15) is 10.8 Å². The minimum Gasteiger partial charge on any atom is -0.339 e. The maximum absolute atomic E-state index is 14.0. The Morgan fingerprint density at radius 1 is 1.26 bits per heavy atom. The van der Waals surface area contributed by atoms with Gasteiger partial charge in [-0.25, -0.2) is 4.39 Å². The van der Waals surface area contributed by atoms with Crippen molar-refractivity contribution in [1.82, 2.24) is 4.90 Å².